The summed E-state index contributed by atoms with van der Waals surface area (Å²) in [5, 5.41) is 17.9. The summed E-state index contributed by atoms with van der Waals surface area (Å²) in [6.45, 7) is 2.01. The Labute approximate surface area is 127 Å². The lowest BCUT2D eigenvalue weighted by Crippen LogP contribution is -2.00. The van der Waals surface area contributed by atoms with Gasteiger partial charge in [0.15, 0.2) is 5.69 Å². The summed E-state index contributed by atoms with van der Waals surface area (Å²) in [6.07, 6.45) is 0. The van der Waals surface area contributed by atoms with Crippen LogP contribution in [0.1, 0.15) is 11.3 Å². The molecule has 0 spiro atoms. The molecule has 0 amide bonds. The van der Waals surface area contributed by atoms with Crippen LogP contribution in [0.15, 0.2) is 48.5 Å². The molecule has 0 saturated heterocycles. The van der Waals surface area contributed by atoms with Crippen LogP contribution in [0.3, 0.4) is 0 Å². The number of benzene rings is 2. The van der Waals surface area contributed by atoms with E-state index in [1.165, 1.54) is 0 Å². The highest BCUT2D eigenvalue weighted by molar-refractivity contribution is 6.33. The third-order valence-corrected chi connectivity index (χ3v) is 3.51. The summed E-state index contributed by atoms with van der Waals surface area (Å²) in [6, 6.07) is 17.3. The normalized spacial score (nSPS) is 10.3. The van der Waals surface area contributed by atoms with Crippen molar-refractivity contribution in [2.24, 2.45) is 0 Å². The van der Waals surface area contributed by atoms with Gasteiger partial charge in [-0.25, -0.2) is 4.68 Å². The first kappa shape index (κ1) is 13.3. The third-order valence-electron chi connectivity index (χ3n) is 3.18. The molecule has 1 aromatic heterocycles. The Morgan fingerprint density at radius 3 is 2.48 bits per heavy atom. The maximum atomic E-state index is 9.27. The van der Waals surface area contributed by atoms with Crippen LogP contribution in [0.5, 0.6) is 0 Å². The molecule has 21 heavy (non-hydrogen) atoms. The molecule has 0 aliphatic rings. The van der Waals surface area contributed by atoms with Gasteiger partial charge in [0.05, 0.1) is 10.7 Å². The van der Waals surface area contributed by atoms with Gasteiger partial charge in [0.25, 0.3) is 0 Å². The minimum Gasteiger partial charge on any atom is -0.211 e. The Bertz CT molecular complexity index is 828. The van der Waals surface area contributed by atoms with E-state index in [-0.39, 0.29) is 5.69 Å². The van der Waals surface area contributed by atoms with Crippen molar-refractivity contribution < 1.29 is 0 Å². The first-order chi connectivity index (χ1) is 10.2. The van der Waals surface area contributed by atoms with Gasteiger partial charge >= 0.3 is 0 Å². The van der Waals surface area contributed by atoms with E-state index in [1.807, 2.05) is 49.4 Å². The second-order valence-corrected chi connectivity index (χ2v) is 5.03. The van der Waals surface area contributed by atoms with Gasteiger partial charge < -0.3 is 0 Å². The molecule has 3 rings (SSSR count). The van der Waals surface area contributed by atoms with Gasteiger partial charge in [0.1, 0.15) is 11.8 Å². The molecule has 0 N–H and O–H groups in total. The molecule has 0 saturated carbocycles. The molecule has 0 radical (unpaired) electrons. The minimum absolute atomic E-state index is 0.253. The van der Waals surface area contributed by atoms with Crippen LogP contribution in [-0.4, -0.2) is 15.0 Å². The number of rotatable bonds is 2. The smallest absolute Gasteiger partial charge is 0.191 e. The lowest BCUT2D eigenvalue weighted by atomic mass is 10.1. The number of hydrogen-bond donors (Lipinski definition) is 0. The van der Waals surface area contributed by atoms with Gasteiger partial charge in [-0.15, -0.1) is 5.10 Å². The molecule has 3 aromatic rings. The number of aryl methyl sites for hydroxylation is 1. The maximum Gasteiger partial charge on any atom is 0.191 e. The lowest BCUT2D eigenvalue weighted by Gasteiger charge is -2.08. The van der Waals surface area contributed by atoms with Crippen molar-refractivity contribution in [2.75, 3.05) is 0 Å². The van der Waals surface area contributed by atoms with Gasteiger partial charge in [-0.05, 0) is 25.1 Å². The highest BCUT2D eigenvalue weighted by Crippen LogP contribution is 2.30. The average Bonchev–Trinajstić information content (AvgIpc) is 2.92. The van der Waals surface area contributed by atoms with Crippen molar-refractivity contribution in [3.05, 3.63) is 64.8 Å². The summed E-state index contributed by atoms with van der Waals surface area (Å²) in [5.74, 6) is 0. The molecule has 5 heteroatoms. The summed E-state index contributed by atoms with van der Waals surface area (Å²) in [5.41, 5.74) is 3.58. The number of aromatic nitrogens is 3. The number of nitriles is 1. The Morgan fingerprint density at radius 1 is 1.10 bits per heavy atom. The first-order valence-corrected chi connectivity index (χ1v) is 6.76. The molecule has 2 aromatic carbocycles. The standard InChI is InChI=1S/C16H11ClN4/c1-11-6-8-12(9-7-11)21-16(15(10-18)19-20-21)13-4-2-3-5-14(13)17/h2-9H,1H3. The first-order valence-electron chi connectivity index (χ1n) is 6.38. The molecule has 1 heterocycles. The van der Waals surface area contributed by atoms with Gasteiger partial charge in [-0.1, -0.05) is 52.7 Å². The SMILES string of the molecule is Cc1ccc(-n2nnc(C#N)c2-c2ccccc2Cl)cc1. The number of hydrogen-bond acceptors (Lipinski definition) is 3. The zero-order valence-electron chi connectivity index (χ0n) is 11.3. The van der Waals surface area contributed by atoms with Crippen molar-refractivity contribution in [3.63, 3.8) is 0 Å². The van der Waals surface area contributed by atoms with E-state index >= 15 is 0 Å². The van der Waals surface area contributed by atoms with E-state index in [0.717, 1.165) is 16.8 Å². The van der Waals surface area contributed by atoms with Crippen LogP contribution in [0, 0.1) is 18.3 Å². The van der Waals surface area contributed by atoms with E-state index < -0.39 is 0 Å². The second-order valence-electron chi connectivity index (χ2n) is 4.63. The van der Waals surface area contributed by atoms with Crippen LogP contribution < -0.4 is 0 Å². The van der Waals surface area contributed by atoms with E-state index in [1.54, 1.807) is 10.7 Å². The fraction of sp³-hybridized carbons (Fsp3) is 0.0625. The fourth-order valence-electron chi connectivity index (χ4n) is 2.12. The quantitative estimate of drug-likeness (QED) is 0.723. The Kier molecular flexibility index (Phi) is 3.43. The highest BCUT2D eigenvalue weighted by atomic mass is 35.5. The molecule has 0 atom stereocenters. The van der Waals surface area contributed by atoms with E-state index in [9.17, 15) is 5.26 Å². The van der Waals surface area contributed by atoms with Crippen LogP contribution >= 0.6 is 11.6 Å². The van der Waals surface area contributed by atoms with Crippen molar-refractivity contribution in [3.8, 4) is 23.0 Å². The van der Waals surface area contributed by atoms with Crippen molar-refractivity contribution in [2.45, 2.75) is 6.92 Å². The predicted molar refractivity (Wildman–Crippen MR) is 81.3 cm³/mol. The van der Waals surface area contributed by atoms with E-state index in [2.05, 4.69) is 16.4 Å². The van der Waals surface area contributed by atoms with Crippen molar-refractivity contribution in [1.29, 1.82) is 5.26 Å². The largest absolute Gasteiger partial charge is 0.211 e. The highest BCUT2D eigenvalue weighted by Gasteiger charge is 2.18. The van der Waals surface area contributed by atoms with Crippen LogP contribution in [0.4, 0.5) is 0 Å². The molecular formula is C16H11ClN4. The summed E-state index contributed by atoms with van der Waals surface area (Å²) >= 11 is 6.25. The van der Waals surface area contributed by atoms with Gasteiger partial charge in [-0.3, -0.25) is 0 Å². The van der Waals surface area contributed by atoms with Crippen molar-refractivity contribution in [1.82, 2.24) is 15.0 Å². The minimum atomic E-state index is 0.253. The predicted octanol–water partition coefficient (Wildman–Crippen LogP) is 3.77. The average molecular weight is 295 g/mol. The van der Waals surface area contributed by atoms with Crippen LogP contribution in [-0.2, 0) is 0 Å². The van der Waals surface area contributed by atoms with E-state index in [4.69, 9.17) is 11.6 Å². The van der Waals surface area contributed by atoms with Gasteiger partial charge in [-0.2, -0.15) is 5.26 Å². The molecule has 4 nitrogen and oxygen atoms in total. The zero-order valence-corrected chi connectivity index (χ0v) is 12.0. The summed E-state index contributed by atoms with van der Waals surface area (Å²) in [4.78, 5) is 0. The third kappa shape index (κ3) is 2.39. The van der Waals surface area contributed by atoms with Gasteiger partial charge in [0, 0.05) is 5.56 Å². The van der Waals surface area contributed by atoms with Crippen LogP contribution in [0.2, 0.25) is 5.02 Å². The summed E-state index contributed by atoms with van der Waals surface area (Å²) < 4.78 is 1.64. The second kappa shape index (κ2) is 5.39. The van der Waals surface area contributed by atoms with Crippen LogP contribution in [0.25, 0.3) is 16.9 Å². The molecular weight excluding hydrogens is 284 g/mol. The molecule has 0 bridgehead atoms. The van der Waals surface area contributed by atoms with Crippen molar-refractivity contribution >= 4 is 11.6 Å². The van der Waals surface area contributed by atoms with Gasteiger partial charge in [0.2, 0.25) is 0 Å². The topological polar surface area (TPSA) is 54.5 Å². The molecule has 0 aliphatic carbocycles. The monoisotopic (exact) mass is 294 g/mol. The maximum absolute atomic E-state index is 9.27. The fourth-order valence-corrected chi connectivity index (χ4v) is 2.34. The lowest BCUT2D eigenvalue weighted by molar-refractivity contribution is 0.806. The van der Waals surface area contributed by atoms with E-state index in [0.29, 0.717) is 10.7 Å². The zero-order chi connectivity index (χ0) is 14.8. The molecule has 0 aliphatic heterocycles. The molecule has 102 valence electrons. The number of halogens is 1. The summed E-state index contributed by atoms with van der Waals surface area (Å²) in [7, 11) is 0. The Balaban J connectivity index is 2.25. The Hall–Kier alpha value is -2.64. The Morgan fingerprint density at radius 2 is 1.81 bits per heavy atom. The molecule has 0 fully saturated rings. The molecule has 0 unspecified atom stereocenters. The number of nitrogens with zero attached hydrogens (tertiary/aromatic N) is 4.